The van der Waals surface area contributed by atoms with Crippen LogP contribution in [-0.2, 0) is 0 Å². The van der Waals surface area contributed by atoms with E-state index in [4.69, 9.17) is 22.7 Å². The lowest BCUT2D eigenvalue weighted by atomic mass is 10.2. The molecule has 19 heavy (non-hydrogen) atoms. The van der Waals surface area contributed by atoms with Crippen molar-refractivity contribution < 1.29 is 4.74 Å². The van der Waals surface area contributed by atoms with E-state index in [1.54, 1.807) is 6.20 Å². The fourth-order valence-electron chi connectivity index (χ4n) is 1.60. The van der Waals surface area contributed by atoms with Crippen molar-refractivity contribution in [3.05, 3.63) is 48.2 Å². The quantitative estimate of drug-likeness (QED) is 0.820. The van der Waals surface area contributed by atoms with Crippen LogP contribution in [0.3, 0.4) is 0 Å². The molecule has 0 aliphatic heterocycles. The van der Waals surface area contributed by atoms with Crippen LogP contribution in [0.15, 0.2) is 42.6 Å². The van der Waals surface area contributed by atoms with E-state index < -0.39 is 0 Å². The summed E-state index contributed by atoms with van der Waals surface area (Å²) in [6, 6.07) is 11.4. The van der Waals surface area contributed by atoms with Crippen molar-refractivity contribution in [3.8, 4) is 5.75 Å². The summed E-state index contributed by atoms with van der Waals surface area (Å²) in [6.45, 7) is 2.57. The summed E-state index contributed by atoms with van der Waals surface area (Å²) in [4.78, 5) is 4.60. The number of rotatable bonds is 5. The maximum Gasteiger partial charge on any atom is 0.142 e. The van der Waals surface area contributed by atoms with Crippen LogP contribution in [0, 0.1) is 0 Å². The molecule has 2 aromatic rings. The molecule has 0 atom stereocenters. The highest BCUT2D eigenvalue weighted by atomic mass is 32.1. The lowest BCUT2D eigenvalue weighted by Crippen LogP contribution is -2.09. The van der Waals surface area contributed by atoms with E-state index in [9.17, 15) is 0 Å². The molecule has 0 radical (unpaired) electrons. The molecule has 0 aliphatic rings. The molecule has 1 aromatic carbocycles. The van der Waals surface area contributed by atoms with Gasteiger partial charge in [-0.15, -0.1) is 0 Å². The van der Waals surface area contributed by atoms with Gasteiger partial charge in [0.15, 0.2) is 0 Å². The largest absolute Gasteiger partial charge is 0.492 e. The van der Waals surface area contributed by atoms with Crippen LogP contribution in [-0.4, -0.2) is 16.6 Å². The molecule has 0 aliphatic carbocycles. The Morgan fingerprint density at radius 3 is 2.74 bits per heavy atom. The predicted octanol–water partition coefficient (Wildman–Crippen LogP) is 2.86. The SMILES string of the molecule is CCOc1ccccc1Nc1ccc(C(N)=S)cn1. The molecule has 4 nitrogen and oxygen atoms in total. The number of thiocarbonyl (C=S) groups is 1. The van der Waals surface area contributed by atoms with E-state index >= 15 is 0 Å². The Morgan fingerprint density at radius 2 is 2.11 bits per heavy atom. The van der Waals surface area contributed by atoms with Crippen molar-refractivity contribution in [3.63, 3.8) is 0 Å². The highest BCUT2D eigenvalue weighted by Gasteiger charge is 2.04. The Balaban J connectivity index is 2.19. The van der Waals surface area contributed by atoms with Gasteiger partial charge in [-0.05, 0) is 31.2 Å². The molecule has 0 spiro atoms. The number of benzene rings is 1. The number of ether oxygens (including phenoxy) is 1. The van der Waals surface area contributed by atoms with Gasteiger partial charge in [-0.25, -0.2) is 4.98 Å². The summed E-state index contributed by atoms with van der Waals surface area (Å²) in [5, 5.41) is 3.20. The first kappa shape index (κ1) is 13.3. The molecule has 1 heterocycles. The van der Waals surface area contributed by atoms with E-state index in [1.807, 2.05) is 43.3 Å². The summed E-state index contributed by atoms with van der Waals surface area (Å²) in [5.74, 6) is 1.51. The smallest absolute Gasteiger partial charge is 0.142 e. The third-order valence-electron chi connectivity index (χ3n) is 2.50. The van der Waals surface area contributed by atoms with E-state index in [2.05, 4.69) is 10.3 Å². The molecule has 0 unspecified atom stereocenters. The molecular weight excluding hydrogens is 258 g/mol. The van der Waals surface area contributed by atoms with Crippen molar-refractivity contribution >= 4 is 28.7 Å². The van der Waals surface area contributed by atoms with Crippen LogP contribution >= 0.6 is 12.2 Å². The van der Waals surface area contributed by atoms with Crippen molar-refractivity contribution in [1.82, 2.24) is 4.98 Å². The Labute approximate surface area is 117 Å². The Morgan fingerprint density at radius 1 is 1.32 bits per heavy atom. The second-order valence-corrected chi connectivity index (χ2v) is 4.29. The molecule has 98 valence electrons. The Bertz CT molecular complexity index is 569. The standard InChI is InChI=1S/C14H15N3OS/c1-2-18-12-6-4-3-5-11(12)17-13-8-7-10(9-16-13)14(15)19/h3-9H,2H2,1H3,(H2,15,19)(H,16,17). The lowest BCUT2D eigenvalue weighted by molar-refractivity contribution is 0.342. The predicted molar refractivity (Wildman–Crippen MR) is 81.0 cm³/mol. The fraction of sp³-hybridized carbons (Fsp3) is 0.143. The monoisotopic (exact) mass is 273 g/mol. The van der Waals surface area contributed by atoms with Crippen molar-refractivity contribution in [2.75, 3.05) is 11.9 Å². The summed E-state index contributed by atoms with van der Waals surface area (Å²) in [5.41, 5.74) is 7.15. The summed E-state index contributed by atoms with van der Waals surface area (Å²) < 4.78 is 5.54. The highest BCUT2D eigenvalue weighted by molar-refractivity contribution is 7.80. The van der Waals surface area contributed by atoms with Crippen LogP contribution in [0.25, 0.3) is 0 Å². The molecule has 0 amide bonds. The van der Waals surface area contributed by atoms with Crippen LogP contribution in [0.5, 0.6) is 5.75 Å². The summed E-state index contributed by atoms with van der Waals surface area (Å²) >= 11 is 4.89. The van der Waals surface area contributed by atoms with Crippen LogP contribution in [0.4, 0.5) is 11.5 Å². The molecule has 1 aromatic heterocycles. The molecule has 0 saturated carbocycles. The number of hydrogen-bond acceptors (Lipinski definition) is 4. The zero-order valence-electron chi connectivity index (χ0n) is 10.6. The highest BCUT2D eigenvalue weighted by Crippen LogP contribution is 2.26. The van der Waals surface area contributed by atoms with Gasteiger partial charge < -0.3 is 15.8 Å². The molecule has 3 N–H and O–H groups in total. The molecule has 0 saturated heterocycles. The van der Waals surface area contributed by atoms with Crippen LogP contribution in [0.1, 0.15) is 12.5 Å². The zero-order valence-corrected chi connectivity index (χ0v) is 11.4. The number of nitrogens with one attached hydrogen (secondary N) is 1. The van der Waals surface area contributed by atoms with Gasteiger partial charge >= 0.3 is 0 Å². The zero-order chi connectivity index (χ0) is 13.7. The van der Waals surface area contributed by atoms with Crippen molar-refractivity contribution in [1.29, 1.82) is 0 Å². The fourth-order valence-corrected chi connectivity index (χ4v) is 1.72. The van der Waals surface area contributed by atoms with Gasteiger partial charge in [0.05, 0.1) is 12.3 Å². The number of anilines is 2. The molecule has 0 bridgehead atoms. The van der Waals surface area contributed by atoms with Gasteiger partial charge in [0.2, 0.25) is 0 Å². The van der Waals surface area contributed by atoms with E-state index in [0.717, 1.165) is 17.0 Å². The van der Waals surface area contributed by atoms with Gasteiger partial charge in [-0.1, -0.05) is 24.4 Å². The van der Waals surface area contributed by atoms with Gasteiger partial charge in [0.25, 0.3) is 0 Å². The summed E-state index contributed by atoms with van der Waals surface area (Å²) in [6.07, 6.45) is 1.65. The van der Waals surface area contributed by atoms with Crippen LogP contribution < -0.4 is 15.8 Å². The van der Waals surface area contributed by atoms with Crippen molar-refractivity contribution in [2.24, 2.45) is 5.73 Å². The number of aromatic nitrogens is 1. The topological polar surface area (TPSA) is 60.2 Å². The van der Waals surface area contributed by atoms with Crippen LogP contribution in [0.2, 0.25) is 0 Å². The first-order valence-corrected chi connectivity index (χ1v) is 6.36. The number of nitrogens with zero attached hydrogens (tertiary/aromatic N) is 1. The average Bonchev–Trinajstić information content (AvgIpc) is 2.42. The van der Waals surface area contributed by atoms with E-state index in [0.29, 0.717) is 17.4 Å². The molecular formula is C14H15N3OS. The van der Waals surface area contributed by atoms with E-state index in [1.165, 1.54) is 0 Å². The molecule has 5 heteroatoms. The average molecular weight is 273 g/mol. The first-order valence-electron chi connectivity index (χ1n) is 5.95. The van der Waals surface area contributed by atoms with Gasteiger partial charge in [0, 0.05) is 11.8 Å². The first-order chi connectivity index (χ1) is 9.20. The number of nitrogens with two attached hydrogens (primary N) is 1. The minimum atomic E-state index is 0.341. The van der Waals surface area contributed by atoms with Crippen molar-refractivity contribution in [2.45, 2.75) is 6.92 Å². The maximum absolute atomic E-state index is 5.54. The van der Waals surface area contributed by atoms with E-state index in [-0.39, 0.29) is 0 Å². The third-order valence-corrected chi connectivity index (χ3v) is 2.73. The number of hydrogen-bond donors (Lipinski definition) is 2. The minimum absolute atomic E-state index is 0.341. The Hall–Kier alpha value is -2.14. The molecule has 2 rings (SSSR count). The maximum atomic E-state index is 5.54. The number of para-hydroxylation sites is 2. The van der Waals surface area contributed by atoms with Gasteiger partial charge in [-0.3, -0.25) is 0 Å². The molecule has 0 fully saturated rings. The lowest BCUT2D eigenvalue weighted by Gasteiger charge is -2.11. The second-order valence-electron chi connectivity index (χ2n) is 3.85. The summed E-state index contributed by atoms with van der Waals surface area (Å²) in [7, 11) is 0. The number of pyridine rings is 1. The third kappa shape index (κ3) is 3.42. The normalized spacial score (nSPS) is 9.95. The Kier molecular flexibility index (Phi) is 4.30. The van der Waals surface area contributed by atoms with Gasteiger partial charge in [0.1, 0.15) is 16.6 Å². The minimum Gasteiger partial charge on any atom is -0.492 e. The van der Waals surface area contributed by atoms with Gasteiger partial charge in [-0.2, -0.15) is 0 Å². The second kappa shape index (κ2) is 6.15.